The molecule has 0 aliphatic heterocycles. The Kier molecular flexibility index (Phi) is 3.88. The lowest BCUT2D eigenvalue weighted by molar-refractivity contribution is 0.0603. The molecule has 2 aromatic heterocycles. The van der Waals surface area contributed by atoms with Crippen molar-refractivity contribution in [2.24, 2.45) is 0 Å². The van der Waals surface area contributed by atoms with Crippen LogP contribution in [0.1, 0.15) is 26.4 Å². The van der Waals surface area contributed by atoms with Gasteiger partial charge >= 0.3 is 5.97 Å². The zero-order valence-electron chi connectivity index (χ0n) is 15.6. The third kappa shape index (κ3) is 2.59. The molecule has 0 atom stereocenters. The van der Waals surface area contributed by atoms with Crippen LogP contribution in [0, 0.1) is 0 Å². The number of carbonyl (C=O) groups excluding carboxylic acids is 2. The summed E-state index contributed by atoms with van der Waals surface area (Å²) in [6.45, 7) is 0. The number of aromatic nitrogens is 2. The summed E-state index contributed by atoms with van der Waals surface area (Å²) in [6, 6.07) is 22.5. The molecule has 5 heteroatoms. The van der Waals surface area contributed by atoms with E-state index in [1.54, 1.807) is 22.9 Å². The number of carbonyl (C=O) groups is 2. The van der Waals surface area contributed by atoms with Crippen molar-refractivity contribution in [2.75, 3.05) is 7.11 Å². The molecule has 0 spiro atoms. The molecule has 0 bridgehead atoms. The van der Waals surface area contributed by atoms with Crippen LogP contribution in [0.2, 0.25) is 0 Å². The van der Waals surface area contributed by atoms with Crippen molar-refractivity contribution in [1.82, 2.24) is 9.38 Å². The highest BCUT2D eigenvalue weighted by Crippen LogP contribution is 2.28. The lowest BCUT2D eigenvalue weighted by Gasteiger charge is -2.07. The van der Waals surface area contributed by atoms with E-state index in [4.69, 9.17) is 4.74 Å². The van der Waals surface area contributed by atoms with Crippen molar-refractivity contribution in [1.29, 1.82) is 0 Å². The van der Waals surface area contributed by atoms with Crippen molar-refractivity contribution < 1.29 is 14.3 Å². The minimum Gasteiger partial charge on any atom is -0.465 e. The van der Waals surface area contributed by atoms with E-state index in [1.807, 2.05) is 60.7 Å². The smallest absolute Gasteiger partial charge is 0.340 e. The molecule has 0 radical (unpaired) electrons. The Morgan fingerprint density at radius 1 is 0.862 bits per heavy atom. The molecule has 0 aliphatic carbocycles. The molecule has 3 aromatic carbocycles. The minimum atomic E-state index is -0.490. The number of rotatable bonds is 3. The van der Waals surface area contributed by atoms with Gasteiger partial charge in [0.25, 0.3) is 0 Å². The van der Waals surface area contributed by atoms with Gasteiger partial charge in [-0.1, -0.05) is 60.7 Å². The average Bonchev–Trinajstić information content (AvgIpc) is 3.18. The van der Waals surface area contributed by atoms with Gasteiger partial charge < -0.3 is 4.74 Å². The maximum absolute atomic E-state index is 13.5. The van der Waals surface area contributed by atoms with Gasteiger partial charge in [0.1, 0.15) is 6.33 Å². The van der Waals surface area contributed by atoms with Gasteiger partial charge in [-0.3, -0.25) is 9.20 Å². The monoisotopic (exact) mass is 380 g/mol. The summed E-state index contributed by atoms with van der Waals surface area (Å²) in [7, 11) is 1.33. The molecule has 140 valence electrons. The van der Waals surface area contributed by atoms with Crippen molar-refractivity contribution in [2.45, 2.75) is 0 Å². The molecule has 5 rings (SSSR count). The number of nitrogens with zero attached hydrogens (tertiary/aromatic N) is 2. The molecule has 0 aliphatic rings. The van der Waals surface area contributed by atoms with Gasteiger partial charge in [-0.05, 0) is 22.9 Å². The fourth-order valence-corrected chi connectivity index (χ4v) is 3.83. The van der Waals surface area contributed by atoms with Crippen LogP contribution >= 0.6 is 0 Å². The standard InChI is InChI=1S/C24H16N2O3/c1-29-24(28)19-13-21(26-14-25-20-12-5-4-10-18(20)22(19)26)23(27)17-11-6-8-15-7-2-3-9-16(15)17/h2-14H,1H3. The Balaban J connectivity index is 1.82. The summed E-state index contributed by atoms with van der Waals surface area (Å²) >= 11 is 0. The lowest BCUT2D eigenvalue weighted by atomic mass is 10.00. The van der Waals surface area contributed by atoms with E-state index >= 15 is 0 Å². The Morgan fingerprint density at radius 2 is 1.59 bits per heavy atom. The summed E-state index contributed by atoms with van der Waals surface area (Å²) in [5, 5.41) is 2.63. The molecule has 2 heterocycles. The normalized spacial score (nSPS) is 11.2. The minimum absolute atomic E-state index is 0.177. The second-order valence-electron chi connectivity index (χ2n) is 6.77. The van der Waals surface area contributed by atoms with Gasteiger partial charge in [0.2, 0.25) is 5.78 Å². The number of fused-ring (bicyclic) bond motifs is 4. The molecular formula is C24H16N2O3. The summed E-state index contributed by atoms with van der Waals surface area (Å²) < 4.78 is 6.66. The van der Waals surface area contributed by atoms with Gasteiger partial charge in [0.05, 0.1) is 29.4 Å². The predicted molar refractivity (Wildman–Crippen MR) is 111 cm³/mol. The molecule has 0 N–H and O–H groups in total. The van der Waals surface area contributed by atoms with Crippen molar-refractivity contribution in [3.05, 3.63) is 95.9 Å². The van der Waals surface area contributed by atoms with Crippen molar-refractivity contribution in [3.63, 3.8) is 0 Å². The third-order valence-electron chi connectivity index (χ3n) is 5.18. The molecule has 0 amide bonds. The van der Waals surface area contributed by atoms with Crippen LogP contribution in [0.15, 0.2) is 79.1 Å². The summed E-state index contributed by atoms with van der Waals surface area (Å²) in [5.74, 6) is -0.667. The molecular weight excluding hydrogens is 364 g/mol. The molecule has 5 nitrogen and oxygen atoms in total. The van der Waals surface area contributed by atoms with Crippen molar-refractivity contribution >= 4 is 38.9 Å². The SMILES string of the molecule is COC(=O)c1cc(C(=O)c2cccc3ccccc23)n2cnc3ccccc3c12. The maximum atomic E-state index is 13.5. The number of ketones is 1. The van der Waals surface area contributed by atoms with E-state index in [0.717, 1.165) is 21.7 Å². The highest BCUT2D eigenvalue weighted by molar-refractivity contribution is 6.18. The number of hydrogen-bond acceptors (Lipinski definition) is 4. The summed E-state index contributed by atoms with van der Waals surface area (Å²) in [4.78, 5) is 30.5. The van der Waals surface area contributed by atoms with E-state index in [0.29, 0.717) is 22.3 Å². The van der Waals surface area contributed by atoms with E-state index in [2.05, 4.69) is 4.98 Å². The second kappa shape index (κ2) is 6.56. The van der Waals surface area contributed by atoms with E-state index in [1.165, 1.54) is 7.11 Å². The Labute approximate surface area is 166 Å². The lowest BCUT2D eigenvalue weighted by Crippen LogP contribution is -2.06. The van der Waals surface area contributed by atoms with E-state index in [-0.39, 0.29) is 5.78 Å². The first kappa shape index (κ1) is 17.1. The third-order valence-corrected chi connectivity index (χ3v) is 5.18. The van der Waals surface area contributed by atoms with Gasteiger partial charge in [-0.2, -0.15) is 0 Å². The number of methoxy groups -OCH3 is 1. The number of benzene rings is 3. The first-order valence-corrected chi connectivity index (χ1v) is 9.18. The number of hydrogen-bond donors (Lipinski definition) is 0. The van der Waals surface area contributed by atoms with Crippen LogP contribution in [-0.4, -0.2) is 28.2 Å². The highest BCUT2D eigenvalue weighted by Gasteiger charge is 2.23. The van der Waals surface area contributed by atoms with E-state index in [9.17, 15) is 9.59 Å². The molecule has 29 heavy (non-hydrogen) atoms. The molecule has 0 saturated carbocycles. The Bertz CT molecular complexity index is 1430. The van der Waals surface area contributed by atoms with Crippen LogP contribution in [0.3, 0.4) is 0 Å². The first-order valence-electron chi connectivity index (χ1n) is 9.18. The Morgan fingerprint density at radius 3 is 2.41 bits per heavy atom. The largest absolute Gasteiger partial charge is 0.465 e. The van der Waals surface area contributed by atoms with Crippen LogP contribution in [0.5, 0.6) is 0 Å². The zero-order chi connectivity index (χ0) is 20.0. The number of esters is 1. The average molecular weight is 380 g/mol. The van der Waals surface area contributed by atoms with Crippen LogP contribution < -0.4 is 0 Å². The second-order valence-corrected chi connectivity index (χ2v) is 6.77. The molecule has 5 aromatic rings. The van der Waals surface area contributed by atoms with Gasteiger partial charge in [0.15, 0.2) is 0 Å². The van der Waals surface area contributed by atoms with Crippen LogP contribution in [0.25, 0.3) is 27.2 Å². The Hall–Kier alpha value is -3.99. The molecule has 0 saturated heterocycles. The predicted octanol–water partition coefficient (Wildman–Crippen LogP) is 4.66. The maximum Gasteiger partial charge on any atom is 0.340 e. The summed E-state index contributed by atoms with van der Waals surface area (Å²) in [5.41, 5.74) is 2.65. The zero-order valence-corrected chi connectivity index (χ0v) is 15.6. The van der Waals surface area contributed by atoms with Gasteiger partial charge in [0, 0.05) is 10.9 Å². The van der Waals surface area contributed by atoms with Crippen molar-refractivity contribution in [3.8, 4) is 0 Å². The quantitative estimate of drug-likeness (QED) is 0.337. The number of ether oxygens (including phenoxy) is 1. The fourth-order valence-electron chi connectivity index (χ4n) is 3.83. The highest BCUT2D eigenvalue weighted by atomic mass is 16.5. The molecule has 0 unspecified atom stereocenters. The summed E-state index contributed by atoms with van der Waals surface area (Å²) in [6.07, 6.45) is 1.59. The fraction of sp³-hybridized carbons (Fsp3) is 0.0417. The van der Waals surface area contributed by atoms with Gasteiger partial charge in [-0.15, -0.1) is 0 Å². The first-order chi connectivity index (χ1) is 14.2. The number of para-hydroxylation sites is 1. The van der Waals surface area contributed by atoms with Gasteiger partial charge in [-0.25, -0.2) is 9.78 Å². The molecule has 0 fully saturated rings. The van der Waals surface area contributed by atoms with Crippen LogP contribution in [-0.2, 0) is 4.74 Å². The van der Waals surface area contributed by atoms with E-state index < -0.39 is 5.97 Å². The topological polar surface area (TPSA) is 60.7 Å². The van der Waals surface area contributed by atoms with Crippen LogP contribution in [0.4, 0.5) is 0 Å².